The molecule has 0 saturated heterocycles. The molecule has 0 saturated carbocycles. The number of carbonyl (C=O) groups is 2. The Balaban J connectivity index is 3.00. The molecule has 1 amide bonds. The molecule has 0 atom stereocenters. The Labute approximate surface area is 88.8 Å². The predicted octanol–water partition coefficient (Wildman–Crippen LogP) is 2.40. The largest absolute Gasteiger partial charge is 0.326 e. The lowest BCUT2D eigenvalue weighted by molar-refractivity contribution is -0.114. The van der Waals surface area contributed by atoms with Gasteiger partial charge in [0.1, 0.15) is 0 Å². The van der Waals surface area contributed by atoms with Gasteiger partial charge in [-0.2, -0.15) is 0 Å². The van der Waals surface area contributed by atoms with Crippen molar-refractivity contribution in [1.82, 2.24) is 0 Å². The molecule has 1 aromatic carbocycles. The highest BCUT2D eigenvalue weighted by atomic mass is 16.1. The predicted molar refractivity (Wildman–Crippen MR) is 59.9 cm³/mol. The topological polar surface area (TPSA) is 46.2 Å². The lowest BCUT2D eigenvalue weighted by Crippen LogP contribution is -2.10. The fourth-order valence-corrected chi connectivity index (χ4v) is 1.27. The van der Waals surface area contributed by atoms with E-state index in [1.807, 2.05) is 0 Å². The number of carbonyl (C=O) groups excluding carboxylic acids is 2. The molecule has 0 heterocycles. The first-order valence-corrected chi connectivity index (χ1v) is 4.66. The molecule has 78 valence electrons. The molecule has 0 bridgehead atoms. The normalized spacial score (nSPS) is 9.40. The van der Waals surface area contributed by atoms with Crippen molar-refractivity contribution in [3.63, 3.8) is 0 Å². The maximum atomic E-state index is 11.6. The third-order valence-electron chi connectivity index (χ3n) is 1.87. The fourth-order valence-electron chi connectivity index (χ4n) is 1.27. The molecule has 0 spiro atoms. The van der Waals surface area contributed by atoms with E-state index in [1.54, 1.807) is 30.3 Å². The summed E-state index contributed by atoms with van der Waals surface area (Å²) in [5.41, 5.74) is 1.07. The van der Waals surface area contributed by atoms with Crippen molar-refractivity contribution < 1.29 is 9.59 Å². The second-order valence-corrected chi connectivity index (χ2v) is 3.14. The number of allylic oxidation sites excluding steroid dienone is 1. The lowest BCUT2D eigenvalue weighted by Gasteiger charge is -2.07. The van der Waals surface area contributed by atoms with E-state index in [0.717, 1.165) is 0 Å². The monoisotopic (exact) mass is 203 g/mol. The number of benzene rings is 1. The first-order valence-electron chi connectivity index (χ1n) is 4.66. The molecule has 0 radical (unpaired) electrons. The Bertz CT molecular complexity index is 396. The van der Waals surface area contributed by atoms with Crippen LogP contribution in [0.15, 0.2) is 36.9 Å². The van der Waals surface area contributed by atoms with Crippen LogP contribution in [0.5, 0.6) is 0 Å². The average Bonchev–Trinajstić information content (AvgIpc) is 2.18. The fraction of sp³-hybridized carbons (Fsp3) is 0.167. The van der Waals surface area contributed by atoms with Gasteiger partial charge in [-0.05, 0) is 12.1 Å². The van der Waals surface area contributed by atoms with Crippen LogP contribution in [-0.2, 0) is 4.79 Å². The van der Waals surface area contributed by atoms with Crippen LogP contribution in [-0.4, -0.2) is 11.7 Å². The second kappa shape index (κ2) is 5.10. The molecule has 0 aliphatic rings. The summed E-state index contributed by atoms with van der Waals surface area (Å²) in [4.78, 5) is 22.5. The van der Waals surface area contributed by atoms with Crippen LogP contribution < -0.4 is 5.32 Å². The van der Waals surface area contributed by atoms with E-state index >= 15 is 0 Å². The number of hydrogen-bond donors (Lipinski definition) is 1. The van der Waals surface area contributed by atoms with Crippen molar-refractivity contribution in [3.05, 3.63) is 42.5 Å². The van der Waals surface area contributed by atoms with Crippen molar-refractivity contribution >= 4 is 17.4 Å². The van der Waals surface area contributed by atoms with Gasteiger partial charge in [-0.3, -0.25) is 9.59 Å². The third-order valence-corrected chi connectivity index (χ3v) is 1.87. The molecular formula is C12H13NO2. The van der Waals surface area contributed by atoms with Gasteiger partial charge in [-0.1, -0.05) is 18.2 Å². The molecule has 0 unspecified atom stereocenters. The van der Waals surface area contributed by atoms with Gasteiger partial charge in [0.25, 0.3) is 0 Å². The molecule has 15 heavy (non-hydrogen) atoms. The van der Waals surface area contributed by atoms with Crippen molar-refractivity contribution in [3.8, 4) is 0 Å². The quantitative estimate of drug-likeness (QED) is 0.603. The number of para-hydroxylation sites is 1. The van der Waals surface area contributed by atoms with Crippen LogP contribution in [0.1, 0.15) is 23.7 Å². The zero-order chi connectivity index (χ0) is 11.3. The molecule has 1 N–H and O–H groups in total. The summed E-state index contributed by atoms with van der Waals surface area (Å²) in [7, 11) is 0. The summed E-state index contributed by atoms with van der Waals surface area (Å²) < 4.78 is 0. The molecule has 0 fully saturated rings. The highest BCUT2D eigenvalue weighted by molar-refractivity contribution is 6.04. The number of anilines is 1. The molecule has 0 aliphatic carbocycles. The van der Waals surface area contributed by atoms with Crippen LogP contribution in [0, 0.1) is 0 Å². The Kier molecular flexibility index (Phi) is 3.80. The minimum atomic E-state index is -0.186. The number of hydrogen-bond acceptors (Lipinski definition) is 2. The van der Waals surface area contributed by atoms with Crippen LogP contribution >= 0.6 is 0 Å². The molecule has 3 heteroatoms. The van der Waals surface area contributed by atoms with Crippen molar-refractivity contribution in [1.29, 1.82) is 0 Å². The zero-order valence-electron chi connectivity index (χ0n) is 8.62. The number of amides is 1. The van der Waals surface area contributed by atoms with E-state index in [2.05, 4.69) is 11.9 Å². The summed E-state index contributed by atoms with van der Waals surface area (Å²) in [5.74, 6) is -0.233. The smallest absolute Gasteiger partial charge is 0.221 e. The number of rotatable bonds is 4. The molecular weight excluding hydrogens is 190 g/mol. The summed E-state index contributed by atoms with van der Waals surface area (Å²) in [6.07, 6.45) is 1.82. The Morgan fingerprint density at radius 1 is 1.40 bits per heavy atom. The van der Waals surface area contributed by atoms with Gasteiger partial charge in [0.2, 0.25) is 5.91 Å². The van der Waals surface area contributed by atoms with Gasteiger partial charge in [0, 0.05) is 18.9 Å². The Morgan fingerprint density at radius 3 is 2.67 bits per heavy atom. The number of Topliss-reactive ketones (excluding diaryl/α,β-unsaturated/α-hetero) is 1. The number of ketones is 1. The minimum Gasteiger partial charge on any atom is -0.326 e. The van der Waals surface area contributed by atoms with Crippen molar-refractivity contribution in [2.24, 2.45) is 0 Å². The second-order valence-electron chi connectivity index (χ2n) is 3.14. The van der Waals surface area contributed by atoms with Crippen molar-refractivity contribution in [2.75, 3.05) is 5.32 Å². The van der Waals surface area contributed by atoms with E-state index in [-0.39, 0.29) is 18.1 Å². The molecule has 0 aliphatic heterocycles. The van der Waals surface area contributed by atoms with E-state index in [4.69, 9.17) is 0 Å². The van der Waals surface area contributed by atoms with E-state index in [1.165, 1.54) is 6.92 Å². The van der Waals surface area contributed by atoms with Gasteiger partial charge in [0.15, 0.2) is 5.78 Å². The molecule has 1 aromatic rings. The molecule has 3 nitrogen and oxygen atoms in total. The van der Waals surface area contributed by atoms with Crippen LogP contribution in [0.3, 0.4) is 0 Å². The van der Waals surface area contributed by atoms with E-state index < -0.39 is 0 Å². The maximum Gasteiger partial charge on any atom is 0.221 e. The standard InChI is InChI=1S/C12H13NO2/c1-3-6-12(15)10-7-4-5-8-11(10)13-9(2)14/h3-5,7-8H,1,6H2,2H3,(H,13,14). The molecule has 1 rings (SSSR count). The third kappa shape index (κ3) is 3.06. The lowest BCUT2D eigenvalue weighted by atomic mass is 10.1. The van der Waals surface area contributed by atoms with Crippen LogP contribution in [0.25, 0.3) is 0 Å². The Hall–Kier alpha value is -1.90. The van der Waals surface area contributed by atoms with Crippen LogP contribution in [0.4, 0.5) is 5.69 Å². The Morgan fingerprint density at radius 2 is 2.07 bits per heavy atom. The first kappa shape index (κ1) is 11.2. The zero-order valence-corrected chi connectivity index (χ0v) is 8.62. The van der Waals surface area contributed by atoms with E-state index in [0.29, 0.717) is 11.3 Å². The molecule has 0 aromatic heterocycles. The van der Waals surface area contributed by atoms with Gasteiger partial charge in [-0.25, -0.2) is 0 Å². The average molecular weight is 203 g/mol. The maximum absolute atomic E-state index is 11.6. The number of nitrogens with one attached hydrogen (secondary N) is 1. The van der Waals surface area contributed by atoms with E-state index in [9.17, 15) is 9.59 Å². The van der Waals surface area contributed by atoms with Gasteiger partial charge in [-0.15, -0.1) is 6.58 Å². The van der Waals surface area contributed by atoms with Crippen LogP contribution in [0.2, 0.25) is 0 Å². The summed E-state index contributed by atoms with van der Waals surface area (Å²) in [6.45, 7) is 4.92. The summed E-state index contributed by atoms with van der Waals surface area (Å²) in [5, 5.41) is 2.62. The van der Waals surface area contributed by atoms with Gasteiger partial charge < -0.3 is 5.32 Å². The SMILES string of the molecule is C=CCC(=O)c1ccccc1NC(C)=O. The first-order chi connectivity index (χ1) is 7.15. The van der Waals surface area contributed by atoms with Gasteiger partial charge >= 0.3 is 0 Å². The van der Waals surface area contributed by atoms with Gasteiger partial charge in [0.05, 0.1) is 5.69 Å². The summed E-state index contributed by atoms with van der Waals surface area (Å²) >= 11 is 0. The van der Waals surface area contributed by atoms with Crippen molar-refractivity contribution in [2.45, 2.75) is 13.3 Å². The minimum absolute atomic E-state index is 0.0469. The summed E-state index contributed by atoms with van der Waals surface area (Å²) in [6, 6.07) is 6.94. The highest BCUT2D eigenvalue weighted by Crippen LogP contribution is 2.16. The highest BCUT2D eigenvalue weighted by Gasteiger charge is 2.09.